The number of sulfone groups is 1. The van der Waals surface area contributed by atoms with Crippen LogP contribution in [0.25, 0.3) is 5.57 Å². The molecule has 0 aliphatic heterocycles. The van der Waals surface area contributed by atoms with Crippen LogP contribution in [0.2, 0.25) is 0 Å². The second kappa shape index (κ2) is 19.8. The molecule has 5 aromatic carbocycles. The minimum absolute atomic E-state index is 0. The average molecular weight is 825 g/mol. The molecule has 0 fully saturated rings. The van der Waals surface area contributed by atoms with Crippen molar-refractivity contribution in [1.82, 2.24) is 0 Å². The summed E-state index contributed by atoms with van der Waals surface area (Å²) in [7, 11) is -7.87. The number of hydrogen-bond acceptors (Lipinski definition) is 8. The third-order valence-electron chi connectivity index (χ3n) is 9.69. The van der Waals surface area contributed by atoms with Gasteiger partial charge in [-0.05, 0) is 134 Å². The van der Waals surface area contributed by atoms with Crippen molar-refractivity contribution in [3.63, 3.8) is 0 Å². The Morgan fingerprint density at radius 1 is 0.707 bits per heavy atom. The van der Waals surface area contributed by atoms with E-state index in [4.69, 9.17) is 4.74 Å². The smallest absolute Gasteiger partial charge is 0.744 e. The summed E-state index contributed by atoms with van der Waals surface area (Å²) in [5.41, 5.74) is 9.62. The number of nitrogens with one attached hydrogen (secondary N) is 1. The molecule has 9 nitrogen and oxygen atoms in total. The predicted molar refractivity (Wildman–Crippen MR) is 228 cm³/mol. The summed E-state index contributed by atoms with van der Waals surface area (Å²) in [4.78, 5) is 2.20. The van der Waals surface area contributed by atoms with E-state index < -0.39 is 20.0 Å². The molecule has 0 saturated heterocycles. The van der Waals surface area contributed by atoms with Gasteiger partial charge in [0.2, 0.25) is 0 Å². The quantitative estimate of drug-likeness (QED) is 0.0804. The second-order valence-corrected chi connectivity index (χ2v) is 17.1. The van der Waals surface area contributed by atoms with Crippen molar-refractivity contribution in [2.45, 2.75) is 43.7 Å². The fraction of sp³-hybridized carbons (Fsp3) is 0.196. The number of benzene rings is 5. The Kier molecular flexibility index (Phi) is 15.1. The molecule has 0 unspecified atom stereocenters. The van der Waals surface area contributed by atoms with E-state index in [1.165, 1.54) is 18.4 Å². The molecule has 0 aromatic heterocycles. The van der Waals surface area contributed by atoms with Crippen LogP contribution in [0.3, 0.4) is 0 Å². The van der Waals surface area contributed by atoms with Crippen LogP contribution in [0.15, 0.2) is 161 Å². The van der Waals surface area contributed by atoms with E-state index in [0.717, 1.165) is 68.5 Å². The Morgan fingerprint density at radius 3 is 1.81 bits per heavy atom. The molecule has 1 aliphatic rings. The van der Waals surface area contributed by atoms with Crippen LogP contribution in [0, 0.1) is 0 Å². The fourth-order valence-electron chi connectivity index (χ4n) is 6.75. The van der Waals surface area contributed by atoms with Crippen LogP contribution in [0.4, 0.5) is 17.1 Å². The largest absolute Gasteiger partial charge is 1.00 e. The molecule has 0 radical (unpaired) electrons. The molecule has 0 amide bonds. The summed E-state index contributed by atoms with van der Waals surface area (Å²) in [6.45, 7) is 9.08. The molecule has 6 rings (SSSR count). The molecule has 58 heavy (non-hydrogen) atoms. The zero-order valence-electron chi connectivity index (χ0n) is 33.6. The number of rotatable bonds is 15. The number of nitrogens with zero attached hydrogens (tertiary/aromatic N) is 2. The van der Waals surface area contributed by atoms with E-state index in [1.807, 2.05) is 50.2 Å². The van der Waals surface area contributed by atoms with Crippen molar-refractivity contribution in [2.24, 2.45) is 0 Å². The zero-order valence-corrected chi connectivity index (χ0v) is 37.2. The number of allylic oxidation sites excluding steroid dienone is 5. The third kappa shape index (κ3) is 11.5. The maximum Gasteiger partial charge on any atom is 1.00 e. The number of ether oxygens (including phenoxy) is 1. The van der Waals surface area contributed by atoms with Crippen molar-refractivity contribution < 1.29 is 60.3 Å². The van der Waals surface area contributed by atoms with Gasteiger partial charge in [-0.25, -0.2) is 21.4 Å². The summed E-state index contributed by atoms with van der Waals surface area (Å²) >= 11 is 0. The summed E-state index contributed by atoms with van der Waals surface area (Å²) in [5, 5.41) is 3.47. The molecular formula is C46H47N3NaO6S2+. The van der Waals surface area contributed by atoms with Gasteiger partial charge in [-0.2, -0.15) is 0 Å². The van der Waals surface area contributed by atoms with Gasteiger partial charge in [0, 0.05) is 54.1 Å². The number of anilines is 3. The monoisotopic (exact) mass is 824 g/mol. The van der Waals surface area contributed by atoms with Crippen LogP contribution in [-0.2, 0) is 33.0 Å². The van der Waals surface area contributed by atoms with Crippen LogP contribution < -0.4 is 44.5 Å². The zero-order chi connectivity index (χ0) is 40.6. The molecule has 0 atom stereocenters. The van der Waals surface area contributed by atoms with Gasteiger partial charge in [-0.15, -0.1) is 0 Å². The predicted octanol–water partition coefficient (Wildman–Crippen LogP) is 5.77. The van der Waals surface area contributed by atoms with Gasteiger partial charge < -0.3 is 19.5 Å². The molecule has 5 aromatic rings. The van der Waals surface area contributed by atoms with E-state index in [-0.39, 0.29) is 34.5 Å². The Hall–Kier alpha value is -4.75. The van der Waals surface area contributed by atoms with Gasteiger partial charge in [-0.3, -0.25) is 0 Å². The van der Waals surface area contributed by atoms with E-state index >= 15 is 0 Å². The van der Waals surface area contributed by atoms with Crippen molar-refractivity contribution in [1.29, 1.82) is 0 Å². The first-order valence-electron chi connectivity index (χ1n) is 18.9. The number of hydrogen-bond donors (Lipinski definition) is 1. The van der Waals surface area contributed by atoms with E-state index in [2.05, 4.69) is 94.6 Å². The standard InChI is InChI=1S/C46H47N3O6S2.Na/c1-5-48(32-34-10-8-12-44(30-34)56(4,50)51)41-24-16-37(17-25-41)46(36-14-20-39(21-15-36)47-40-22-28-43(29-23-40)55-7-3)38-18-26-42(27-19-38)49(6-2)33-35-11-9-13-45(31-35)57(52,53)54;/h8-31H,5-7,32-33H2,1-4H3,(H,52,53,54);/q;+1. The summed E-state index contributed by atoms with van der Waals surface area (Å²) in [5.74, 6) is 0.823. The van der Waals surface area contributed by atoms with Crippen LogP contribution in [0.5, 0.6) is 5.75 Å². The molecule has 0 bridgehead atoms. The Morgan fingerprint density at radius 2 is 1.26 bits per heavy atom. The first-order valence-corrected chi connectivity index (χ1v) is 22.2. The topological polar surface area (TPSA) is 119 Å². The first-order chi connectivity index (χ1) is 27.3. The van der Waals surface area contributed by atoms with Gasteiger partial charge in [0.1, 0.15) is 22.4 Å². The van der Waals surface area contributed by atoms with Crippen molar-refractivity contribution in [2.75, 3.05) is 36.2 Å². The molecule has 1 aliphatic carbocycles. The van der Waals surface area contributed by atoms with Crippen molar-refractivity contribution >= 4 is 48.3 Å². The minimum atomic E-state index is -4.56. The van der Waals surface area contributed by atoms with Gasteiger partial charge in [0.25, 0.3) is 0 Å². The molecule has 12 heteroatoms. The maximum atomic E-state index is 12.2. The summed E-state index contributed by atoms with van der Waals surface area (Å²) < 4.78 is 67.2. The Balaban J connectivity index is 0.00000641. The Bertz CT molecular complexity index is 2550. The Labute approximate surface area is 365 Å². The van der Waals surface area contributed by atoms with E-state index in [0.29, 0.717) is 31.1 Å². The van der Waals surface area contributed by atoms with Gasteiger partial charge in [0.15, 0.2) is 22.1 Å². The summed E-state index contributed by atoms with van der Waals surface area (Å²) in [6, 6.07) is 37.8. The SMILES string of the molecule is CCOc1ccc(Nc2ccc(C(=C3C=CC(=[N+](CC)Cc4cccc(S(C)(=O)=O)c4)C=C3)c3ccc(N(CC)Cc4cccc(S(=O)(=O)[O-])c4)cc3)cc2)cc1.[Na+]. The minimum Gasteiger partial charge on any atom is -0.744 e. The van der Waals surface area contributed by atoms with Crippen molar-refractivity contribution in [3.8, 4) is 5.75 Å². The maximum absolute atomic E-state index is 12.2. The van der Waals surface area contributed by atoms with E-state index in [9.17, 15) is 21.4 Å². The molecule has 0 saturated carbocycles. The second-order valence-electron chi connectivity index (χ2n) is 13.7. The summed E-state index contributed by atoms with van der Waals surface area (Å²) in [6.07, 6.45) is 9.67. The van der Waals surface area contributed by atoms with Gasteiger partial charge in [-0.1, -0.05) is 48.5 Å². The molecular weight excluding hydrogens is 778 g/mol. The normalized spacial score (nSPS) is 12.5. The van der Waals surface area contributed by atoms with Crippen LogP contribution >= 0.6 is 0 Å². The van der Waals surface area contributed by atoms with Gasteiger partial charge in [0.05, 0.1) is 16.4 Å². The van der Waals surface area contributed by atoms with E-state index in [1.54, 1.807) is 24.3 Å². The van der Waals surface area contributed by atoms with Crippen molar-refractivity contribution in [3.05, 3.63) is 173 Å². The molecule has 1 N–H and O–H groups in total. The molecule has 0 heterocycles. The third-order valence-corrected chi connectivity index (χ3v) is 11.6. The molecule has 0 spiro atoms. The first kappa shape index (κ1) is 44.4. The van der Waals surface area contributed by atoms with Gasteiger partial charge >= 0.3 is 29.6 Å². The molecule has 294 valence electrons. The van der Waals surface area contributed by atoms with Crippen LogP contribution in [-0.4, -0.2) is 57.6 Å². The van der Waals surface area contributed by atoms with Crippen LogP contribution in [0.1, 0.15) is 43.0 Å². The average Bonchev–Trinajstić information content (AvgIpc) is 3.21. The fourth-order valence-corrected chi connectivity index (χ4v) is 7.98.